The summed E-state index contributed by atoms with van der Waals surface area (Å²) in [5, 5.41) is 12.6. The summed E-state index contributed by atoms with van der Waals surface area (Å²) in [7, 11) is 0. The van der Waals surface area contributed by atoms with Crippen LogP contribution in [0.25, 0.3) is 11.0 Å². The summed E-state index contributed by atoms with van der Waals surface area (Å²) in [6, 6.07) is 5.37. The number of benzene rings is 1. The standard InChI is InChI=1S/C14H19N5O2/c15-13(21)10-2-1-3-11-12(10)17-14(19(11)8-9-20)18-6-4-16-5-7-18/h1-3,16,20H,4-9H2,(H2,15,21). The predicted octanol–water partition coefficient (Wildman–Crippen LogP) is -0.463. The van der Waals surface area contributed by atoms with Gasteiger partial charge in [0, 0.05) is 32.7 Å². The number of amides is 1. The highest BCUT2D eigenvalue weighted by atomic mass is 16.3. The minimum atomic E-state index is -0.485. The van der Waals surface area contributed by atoms with E-state index in [1.807, 2.05) is 10.6 Å². The second-order valence-electron chi connectivity index (χ2n) is 5.06. The summed E-state index contributed by atoms with van der Waals surface area (Å²) >= 11 is 0. The molecule has 7 heteroatoms. The van der Waals surface area contributed by atoms with E-state index in [-0.39, 0.29) is 6.61 Å². The van der Waals surface area contributed by atoms with Crippen LogP contribution in [0.3, 0.4) is 0 Å². The Morgan fingerprint density at radius 2 is 2.14 bits per heavy atom. The van der Waals surface area contributed by atoms with Gasteiger partial charge in [-0.05, 0) is 12.1 Å². The molecule has 0 radical (unpaired) electrons. The maximum atomic E-state index is 11.6. The van der Waals surface area contributed by atoms with Crippen LogP contribution >= 0.6 is 0 Å². The van der Waals surface area contributed by atoms with E-state index in [1.54, 1.807) is 12.1 Å². The Bertz CT molecular complexity index is 661. The van der Waals surface area contributed by atoms with Crippen LogP contribution < -0.4 is 16.0 Å². The molecule has 1 aliphatic rings. The van der Waals surface area contributed by atoms with Crippen molar-refractivity contribution in [2.45, 2.75) is 6.54 Å². The van der Waals surface area contributed by atoms with E-state index in [0.29, 0.717) is 17.6 Å². The van der Waals surface area contributed by atoms with Gasteiger partial charge in [-0.15, -0.1) is 0 Å². The quantitative estimate of drug-likeness (QED) is 0.707. The number of carbonyl (C=O) groups is 1. The first-order valence-corrected chi connectivity index (χ1v) is 7.08. The minimum absolute atomic E-state index is 0.0192. The Morgan fingerprint density at radius 3 is 2.81 bits per heavy atom. The van der Waals surface area contributed by atoms with Gasteiger partial charge in [0.15, 0.2) is 0 Å². The molecule has 2 heterocycles. The van der Waals surface area contributed by atoms with Crippen LogP contribution in [-0.2, 0) is 6.54 Å². The topological polar surface area (TPSA) is 96.4 Å². The number of para-hydroxylation sites is 1. The summed E-state index contributed by atoms with van der Waals surface area (Å²) in [4.78, 5) is 18.4. The number of primary amides is 1. The molecule has 1 amide bonds. The molecule has 1 aromatic heterocycles. The van der Waals surface area contributed by atoms with Gasteiger partial charge in [-0.2, -0.15) is 0 Å². The molecule has 112 valence electrons. The van der Waals surface area contributed by atoms with Crippen molar-refractivity contribution in [3.05, 3.63) is 23.8 Å². The molecule has 3 rings (SSSR count). The molecular formula is C14H19N5O2. The minimum Gasteiger partial charge on any atom is -0.395 e. The van der Waals surface area contributed by atoms with Crippen LogP contribution in [0.5, 0.6) is 0 Å². The molecule has 0 aliphatic carbocycles. The number of aliphatic hydroxyl groups is 1. The molecule has 0 unspecified atom stereocenters. The first kappa shape index (κ1) is 13.8. The number of fused-ring (bicyclic) bond motifs is 1. The third-order valence-corrected chi connectivity index (χ3v) is 3.75. The van der Waals surface area contributed by atoms with E-state index in [9.17, 15) is 9.90 Å². The number of nitrogens with zero attached hydrogens (tertiary/aromatic N) is 3. The molecule has 0 spiro atoms. The van der Waals surface area contributed by atoms with Gasteiger partial charge in [0.2, 0.25) is 5.95 Å². The van der Waals surface area contributed by atoms with E-state index >= 15 is 0 Å². The highest BCUT2D eigenvalue weighted by Crippen LogP contribution is 2.25. The lowest BCUT2D eigenvalue weighted by Crippen LogP contribution is -2.44. The first-order chi connectivity index (χ1) is 10.2. The van der Waals surface area contributed by atoms with Crippen LogP contribution in [0.4, 0.5) is 5.95 Å². The molecule has 0 atom stereocenters. The van der Waals surface area contributed by atoms with Gasteiger partial charge in [0.1, 0.15) is 5.52 Å². The molecule has 2 aromatic rings. The number of nitrogens with one attached hydrogen (secondary N) is 1. The largest absolute Gasteiger partial charge is 0.395 e. The van der Waals surface area contributed by atoms with Crippen molar-refractivity contribution < 1.29 is 9.90 Å². The Hall–Kier alpha value is -2.12. The number of rotatable bonds is 4. The Kier molecular flexibility index (Phi) is 3.76. The van der Waals surface area contributed by atoms with Gasteiger partial charge in [-0.3, -0.25) is 4.79 Å². The van der Waals surface area contributed by atoms with Gasteiger partial charge in [-0.1, -0.05) is 6.07 Å². The second kappa shape index (κ2) is 5.71. The van der Waals surface area contributed by atoms with Gasteiger partial charge in [-0.25, -0.2) is 4.98 Å². The lowest BCUT2D eigenvalue weighted by Gasteiger charge is -2.28. The number of anilines is 1. The molecule has 1 aliphatic heterocycles. The van der Waals surface area contributed by atoms with Crippen molar-refractivity contribution in [2.24, 2.45) is 5.73 Å². The second-order valence-corrected chi connectivity index (χ2v) is 5.06. The molecule has 0 saturated carbocycles. The molecular weight excluding hydrogens is 270 g/mol. The van der Waals surface area contributed by atoms with Crippen molar-refractivity contribution in [2.75, 3.05) is 37.7 Å². The number of aromatic nitrogens is 2. The summed E-state index contributed by atoms with van der Waals surface area (Å²) in [6.07, 6.45) is 0. The van der Waals surface area contributed by atoms with Gasteiger partial charge >= 0.3 is 0 Å². The molecule has 21 heavy (non-hydrogen) atoms. The van der Waals surface area contributed by atoms with Crippen molar-refractivity contribution in [1.29, 1.82) is 0 Å². The van der Waals surface area contributed by atoms with Gasteiger partial charge in [0.25, 0.3) is 5.91 Å². The summed E-state index contributed by atoms with van der Waals surface area (Å²) in [5.74, 6) is 0.301. The van der Waals surface area contributed by atoms with Crippen LogP contribution in [0, 0.1) is 0 Å². The number of piperazine rings is 1. The number of nitrogens with two attached hydrogens (primary N) is 1. The van der Waals surface area contributed by atoms with Gasteiger partial charge in [0.05, 0.1) is 17.7 Å². The summed E-state index contributed by atoms with van der Waals surface area (Å²) in [6.45, 7) is 3.95. The fourth-order valence-electron chi connectivity index (χ4n) is 2.76. The number of hydrogen-bond donors (Lipinski definition) is 3. The Morgan fingerprint density at radius 1 is 1.38 bits per heavy atom. The van der Waals surface area contributed by atoms with Gasteiger partial charge < -0.3 is 25.6 Å². The van der Waals surface area contributed by atoms with E-state index in [4.69, 9.17) is 5.73 Å². The van der Waals surface area contributed by atoms with E-state index in [2.05, 4.69) is 15.2 Å². The average Bonchev–Trinajstić information content (AvgIpc) is 2.87. The third-order valence-electron chi connectivity index (χ3n) is 3.75. The fourth-order valence-corrected chi connectivity index (χ4v) is 2.76. The molecule has 0 bridgehead atoms. The zero-order valence-electron chi connectivity index (χ0n) is 11.7. The van der Waals surface area contributed by atoms with Crippen molar-refractivity contribution >= 4 is 22.9 Å². The van der Waals surface area contributed by atoms with Crippen LogP contribution in [-0.4, -0.2) is 53.4 Å². The maximum absolute atomic E-state index is 11.6. The normalized spacial score (nSPS) is 15.6. The molecule has 1 saturated heterocycles. The number of hydrogen-bond acceptors (Lipinski definition) is 5. The van der Waals surface area contributed by atoms with Crippen molar-refractivity contribution in [1.82, 2.24) is 14.9 Å². The summed E-state index contributed by atoms with van der Waals surface area (Å²) < 4.78 is 1.95. The lowest BCUT2D eigenvalue weighted by molar-refractivity contribution is 0.100. The van der Waals surface area contributed by atoms with E-state index in [1.165, 1.54) is 0 Å². The van der Waals surface area contributed by atoms with Crippen molar-refractivity contribution in [3.8, 4) is 0 Å². The fraction of sp³-hybridized carbons (Fsp3) is 0.429. The monoisotopic (exact) mass is 289 g/mol. The smallest absolute Gasteiger partial charge is 0.250 e. The number of carbonyl (C=O) groups excluding carboxylic acids is 1. The lowest BCUT2D eigenvalue weighted by atomic mass is 10.2. The average molecular weight is 289 g/mol. The molecule has 7 nitrogen and oxygen atoms in total. The van der Waals surface area contributed by atoms with Crippen molar-refractivity contribution in [3.63, 3.8) is 0 Å². The molecule has 1 fully saturated rings. The van der Waals surface area contributed by atoms with E-state index in [0.717, 1.165) is 37.6 Å². The SMILES string of the molecule is NC(=O)c1cccc2c1nc(N1CCNCC1)n2CCO. The molecule has 4 N–H and O–H groups in total. The number of imidazole rings is 1. The third kappa shape index (κ3) is 2.45. The zero-order chi connectivity index (χ0) is 14.8. The Balaban J connectivity index is 2.15. The maximum Gasteiger partial charge on any atom is 0.250 e. The predicted molar refractivity (Wildman–Crippen MR) is 80.4 cm³/mol. The molecule has 1 aromatic carbocycles. The van der Waals surface area contributed by atoms with Crippen LogP contribution in [0.2, 0.25) is 0 Å². The highest BCUT2D eigenvalue weighted by molar-refractivity contribution is 6.04. The summed E-state index contributed by atoms with van der Waals surface area (Å²) in [5.41, 5.74) is 7.28. The zero-order valence-corrected chi connectivity index (χ0v) is 11.7. The Labute approximate surface area is 122 Å². The van der Waals surface area contributed by atoms with Crippen LogP contribution in [0.15, 0.2) is 18.2 Å². The number of aliphatic hydroxyl groups excluding tert-OH is 1. The highest BCUT2D eigenvalue weighted by Gasteiger charge is 2.21. The van der Waals surface area contributed by atoms with E-state index < -0.39 is 5.91 Å². The van der Waals surface area contributed by atoms with Crippen LogP contribution in [0.1, 0.15) is 10.4 Å². The first-order valence-electron chi connectivity index (χ1n) is 7.08.